The summed E-state index contributed by atoms with van der Waals surface area (Å²) in [6.45, 7) is 2.65. The van der Waals surface area contributed by atoms with E-state index >= 15 is 0 Å². The molecule has 29 heavy (non-hydrogen) atoms. The Bertz CT molecular complexity index is 1100. The van der Waals surface area contributed by atoms with E-state index < -0.39 is 0 Å². The molecular formula is C24H24N4O. The lowest BCUT2D eigenvalue weighted by molar-refractivity contribution is 0.0954. The van der Waals surface area contributed by atoms with Crippen molar-refractivity contribution < 1.29 is 4.79 Å². The van der Waals surface area contributed by atoms with E-state index in [9.17, 15) is 4.79 Å². The molecule has 0 radical (unpaired) electrons. The third-order valence-electron chi connectivity index (χ3n) is 5.04. The quantitative estimate of drug-likeness (QED) is 0.432. The van der Waals surface area contributed by atoms with Crippen molar-refractivity contribution >= 4 is 22.6 Å². The third kappa shape index (κ3) is 4.46. The van der Waals surface area contributed by atoms with E-state index in [2.05, 4.69) is 51.8 Å². The van der Waals surface area contributed by atoms with Crippen LogP contribution in [0, 0.1) is 0 Å². The Hall–Kier alpha value is -3.60. The molecule has 0 spiro atoms. The average Bonchev–Trinajstić information content (AvgIpc) is 3.18. The Kier molecular flexibility index (Phi) is 5.56. The van der Waals surface area contributed by atoms with Crippen molar-refractivity contribution in [2.45, 2.75) is 19.4 Å². The largest absolute Gasteiger partial charge is 0.364 e. The van der Waals surface area contributed by atoms with Gasteiger partial charge in [0.05, 0.1) is 0 Å². The van der Waals surface area contributed by atoms with Gasteiger partial charge in [-0.2, -0.15) is 0 Å². The Morgan fingerprint density at radius 2 is 1.86 bits per heavy atom. The number of H-pyrrole nitrogens is 1. The Balaban J connectivity index is 1.36. The van der Waals surface area contributed by atoms with Gasteiger partial charge < -0.3 is 15.6 Å². The fourth-order valence-electron chi connectivity index (χ4n) is 3.45. The van der Waals surface area contributed by atoms with E-state index in [1.807, 2.05) is 36.5 Å². The number of anilines is 1. The predicted octanol–water partition coefficient (Wildman–Crippen LogP) is 4.71. The van der Waals surface area contributed by atoms with Crippen LogP contribution < -0.4 is 10.6 Å². The number of carbonyl (C=O) groups is 1. The van der Waals surface area contributed by atoms with Crippen LogP contribution in [-0.4, -0.2) is 22.4 Å². The lowest BCUT2D eigenvalue weighted by Crippen LogP contribution is -2.25. The fraction of sp³-hybridized carbons (Fsp3) is 0.167. The second-order valence-electron chi connectivity index (χ2n) is 7.07. The zero-order valence-corrected chi connectivity index (χ0v) is 16.4. The van der Waals surface area contributed by atoms with E-state index in [1.54, 1.807) is 18.3 Å². The van der Waals surface area contributed by atoms with Crippen LogP contribution in [0.3, 0.4) is 0 Å². The number of hydrogen-bond acceptors (Lipinski definition) is 3. The molecule has 0 saturated heterocycles. The van der Waals surface area contributed by atoms with Crippen LogP contribution in [0.4, 0.5) is 5.82 Å². The predicted molar refractivity (Wildman–Crippen MR) is 117 cm³/mol. The van der Waals surface area contributed by atoms with E-state index in [-0.39, 0.29) is 11.9 Å². The van der Waals surface area contributed by atoms with Gasteiger partial charge in [-0.1, -0.05) is 48.5 Å². The Morgan fingerprint density at radius 3 is 2.72 bits per heavy atom. The van der Waals surface area contributed by atoms with Gasteiger partial charge in [0, 0.05) is 41.4 Å². The maximum absolute atomic E-state index is 12.6. The molecule has 2 heterocycles. The summed E-state index contributed by atoms with van der Waals surface area (Å²) in [6.07, 6.45) is 4.45. The molecule has 1 amide bonds. The number of nitrogens with zero attached hydrogens (tertiary/aromatic N) is 1. The molecule has 3 N–H and O–H groups in total. The summed E-state index contributed by atoms with van der Waals surface area (Å²) in [6, 6.07) is 22.0. The molecule has 146 valence electrons. The highest BCUT2D eigenvalue weighted by molar-refractivity contribution is 5.94. The molecule has 5 heteroatoms. The lowest BCUT2D eigenvalue weighted by atomic mass is 10.1. The first-order chi connectivity index (χ1) is 14.2. The fourth-order valence-corrected chi connectivity index (χ4v) is 3.45. The smallest absolute Gasteiger partial charge is 0.251 e. The highest BCUT2D eigenvalue weighted by atomic mass is 16.1. The highest BCUT2D eigenvalue weighted by Gasteiger charge is 2.10. The second-order valence-corrected chi connectivity index (χ2v) is 7.07. The minimum absolute atomic E-state index is 0.0948. The number of nitrogens with one attached hydrogen (secondary N) is 3. The monoisotopic (exact) mass is 384 g/mol. The number of carbonyl (C=O) groups excluding carboxylic acids is 1. The van der Waals surface area contributed by atoms with Crippen LogP contribution in [0.5, 0.6) is 0 Å². The second kappa shape index (κ2) is 8.61. The Morgan fingerprint density at radius 1 is 1.07 bits per heavy atom. The number of rotatable bonds is 7. The van der Waals surface area contributed by atoms with Gasteiger partial charge in [0.1, 0.15) is 5.82 Å². The molecule has 5 nitrogen and oxygen atoms in total. The summed E-state index contributed by atoms with van der Waals surface area (Å²) < 4.78 is 0. The molecule has 0 bridgehead atoms. The maximum Gasteiger partial charge on any atom is 0.251 e. The first kappa shape index (κ1) is 18.7. The molecule has 2 aromatic carbocycles. The molecule has 0 aliphatic heterocycles. The normalized spacial score (nSPS) is 11.9. The summed E-state index contributed by atoms with van der Waals surface area (Å²) in [7, 11) is 0. The number of aromatic amines is 1. The number of benzene rings is 2. The summed E-state index contributed by atoms with van der Waals surface area (Å²) in [5.74, 6) is 0.591. The molecule has 4 rings (SSSR count). The topological polar surface area (TPSA) is 69.8 Å². The number of hydrogen-bond donors (Lipinski definition) is 3. The first-order valence-corrected chi connectivity index (χ1v) is 9.81. The first-order valence-electron chi connectivity index (χ1n) is 9.81. The Labute approximate surface area is 170 Å². The van der Waals surface area contributed by atoms with Gasteiger partial charge in [-0.3, -0.25) is 4.79 Å². The lowest BCUT2D eigenvalue weighted by Gasteiger charge is -2.15. The van der Waals surface area contributed by atoms with E-state index in [4.69, 9.17) is 0 Å². The molecule has 0 fully saturated rings. The van der Waals surface area contributed by atoms with E-state index in [0.29, 0.717) is 17.9 Å². The van der Waals surface area contributed by atoms with Gasteiger partial charge in [0.2, 0.25) is 0 Å². The van der Waals surface area contributed by atoms with Crippen LogP contribution in [0.1, 0.15) is 34.5 Å². The van der Waals surface area contributed by atoms with Gasteiger partial charge in [-0.25, -0.2) is 4.98 Å². The van der Waals surface area contributed by atoms with Gasteiger partial charge in [-0.15, -0.1) is 0 Å². The number of amides is 1. The molecule has 0 saturated carbocycles. The van der Waals surface area contributed by atoms with E-state index in [1.165, 1.54) is 16.5 Å². The third-order valence-corrected chi connectivity index (χ3v) is 5.04. The van der Waals surface area contributed by atoms with Crippen molar-refractivity contribution in [3.8, 4) is 0 Å². The van der Waals surface area contributed by atoms with Crippen molar-refractivity contribution in [3.63, 3.8) is 0 Å². The maximum atomic E-state index is 12.6. The minimum Gasteiger partial charge on any atom is -0.364 e. The van der Waals surface area contributed by atoms with Crippen molar-refractivity contribution in [3.05, 3.63) is 95.8 Å². The standard InChI is InChI=1S/C24H24N4O/c1-17(18-7-3-2-4-8-18)28-23-15-19(11-13-25-23)24(29)26-14-12-20-16-27-22-10-6-5-9-21(20)22/h2-11,13,15-17,27H,12,14H2,1H3,(H,25,28)(H,26,29). The van der Waals surface area contributed by atoms with Crippen molar-refractivity contribution in [1.29, 1.82) is 0 Å². The molecular weight excluding hydrogens is 360 g/mol. The van der Waals surface area contributed by atoms with Crippen molar-refractivity contribution in [2.24, 2.45) is 0 Å². The number of pyridine rings is 1. The number of fused-ring (bicyclic) bond motifs is 1. The summed E-state index contributed by atoms with van der Waals surface area (Å²) in [4.78, 5) is 20.2. The van der Waals surface area contributed by atoms with E-state index in [0.717, 1.165) is 11.9 Å². The van der Waals surface area contributed by atoms with Gasteiger partial charge >= 0.3 is 0 Å². The molecule has 0 aliphatic carbocycles. The summed E-state index contributed by atoms with van der Waals surface area (Å²) >= 11 is 0. The van der Waals surface area contributed by atoms with Crippen LogP contribution in [0.2, 0.25) is 0 Å². The molecule has 0 aliphatic rings. The molecule has 1 atom stereocenters. The van der Waals surface area contributed by atoms with Gasteiger partial charge in [-0.05, 0) is 42.7 Å². The average molecular weight is 384 g/mol. The SMILES string of the molecule is CC(Nc1cc(C(=O)NCCc2c[nH]c3ccccc23)ccn1)c1ccccc1. The summed E-state index contributed by atoms with van der Waals surface area (Å²) in [5.41, 5.74) is 4.09. The zero-order chi connectivity index (χ0) is 20.1. The number of para-hydroxylation sites is 1. The molecule has 1 unspecified atom stereocenters. The van der Waals surface area contributed by atoms with Crippen molar-refractivity contribution in [1.82, 2.24) is 15.3 Å². The van der Waals surface area contributed by atoms with Crippen LogP contribution in [0.15, 0.2) is 79.1 Å². The van der Waals surface area contributed by atoms with Crippen LogP contribution >= 0.6 is 0 Å². The summed E-state index contributed by atoms with van der Waals surface area (Å²) in [5, 5.41) is 7.56. The van der Waals surface area contributed by atoms with Crippen LogP contribution in [0.25, 0.3) is 10.9 Å². The minimum atomic E-state index is -0.0948. The van der Waals surface area contributed by atoms with Gasteiger partial charge in [0.25, 0.3) is 5.91 Å². The zero-order valence-electron chi connectivity index (χ0n) is 16.4. The van der Waals surface area contributed by atoms with Gasteiger partial charge in [0.15, 0.2) is 0 Å². The molecule has 4 aromatic rings. The molecule has 2 aromatic heterocycles. The number of aromatic nitrogens is 2. The highest BCUT2D eigenvalue weighted by Crippen LogP contribution is 2.19. The van der Waals surface area contributed by atoms with Crippen LogP contribution in [-0.2, 0) is 6.42 Å². The van der Waals surface area contributed by atoms with Crippen molar-refractivity contribution in [2.75, 3.05) is 11.9 Å².